The third-order valence-corrected chi connectivity index (χ3v) is 5.31. The molecule has 8 heteroatoms. The molecule has 1 atom stereocenters. The molecule has 1 amide bonds. The van der Waals surface area contributed by atoms with Crippen molar-refractivity contribution >= 4 is 27.5 Å². The highest BCUT2D eigenvalue weighted by Gasteiger charge is 2.22. The van der Waals surface area contributed by atoms with E-state index >= 15 is 0 Å². The summed E-state index contributed by atoms with van der Waals surface area (Å²) in [5.41, 5.74) is 1.14. The first-order valence-corrected chi connectivity index (χ1v) is 9.19. The summed E-state index contributed by atoms with van der Waals surface area (Å²) in [7, 11) is -3.76. The van der Waals surface area contributed by atoms with Crippen LogP contribution in [0, 0.1) is 0 Å². The summed E-state index contributed by atoms with van der Waals surface area (Å²) in [6.07, 6.45) is 2.91. The van der Waals surface area contributed by atoms with Crippen LogP contribution < -0.4 is 15.4 Å². The lowest BCUT2D eigenvalue weighted by Crippen LogP contribution is -2.45. The number of benzene rings is 1. The van der Waals surface area contributed by atoms with Gasteiger partial charge in [0.1, 0.15) is 0 Å². The Morgan fingerprint density at radius 3 is 2.65 bits per heavy atom. The molecular formula is C15H20ClN3O3S. The van der Waals surface area contributed by atoms with Gasteiger partial charge in [-0.05, 0) is 44.2 Å². The summed E-state index contributed by atoms with van der Waals surface area (Å²) >= 11 is 5.74. The molecule has 1 aromatic carbocycles. The van der Waals surface area contributed by atoms with Gasteiger partial charge in [0.05, 0.1) is 10.9 Å². The minimum Gasteiger partial charge on any atom is -0.351 e. The third kappa shape index (κ3) is 5.31. The summed E-state index contributed by atoms with van der Waals surface area (Å²) in [5.74, 6) is -0.359. The van der Waals surface area contributed by atoms with Crippen molar-refractivity contribution in [1.29, 1.82) is 0 Å². The molecule has 0 fully saturated rings. The van der Waals surface area contributed by atoms with Crippen LogP contribution in [0.1, 0.15) is 13.3 Å². The van der Waals surface area contributed by atoms with Crippen LogP contribution in [-0.2, 0) is 14.8 Å². The van der Waals surface area contributed by atoms with Gasteiger partial charge in [-0.2, -0.15) is 4.72 Å². The number of rotatable bonds is 6. The Bertz CT molecular complexity index is 686. The standard InChI is InChI=1S/C15H20ClN3O3S/c1-11(15(20)18-10-12-6-8-17-9-7-12)19-23(21,22)14-4-2-13(16)3-5-14/h2-6,11,17,19H,7-10H2,1H3,(H,18,20). The number of amides is 1. The normalized spacial score (nSPS) is 16.5. The number of hydrogen-bond acceptors (Lipinski definition) is 4. The van der Waals surface area contributed by atoms with Gasteiger partial charge in [-0.1, -0.05) is 23.3 Å². The molecule has 0 bridgehead atoms. The number of carbonyl (C=O) groups excluding carboxylic acids is 1. The lowest BCUT2D eigenvalue weighted by molar-refractivity contribution is -0.122. The van der Waals surface area contributed by atoms with Crippen molar-refractivity contribution in [1.82, 2.24) is 15.4 Å². The van der Waals surface area contributed by atoms with E-state index in [0.29, 0.717) is 11.6 Å². The van der Waals surface area contributed by atoms with Crippen molar-refractivity contribution in [2.75, 3.05) is 19.6 Å². The van der Waals surface area contributed by atoms with E-state index in [9.17, 15) is 13.2 Å². The maximum Gasteiger partial charge on any atom is 0.241 e. The van der Waals surface area contributed by atoms with Crippen LogP contribution in [0.3, 0.4) is 0 Å². The Kier molecular flexibility index (Phi) is 6.17. The molecule has 1 unspecified atom stereocenters. The van der Waals surface area contributed by atoms with E-state index in [0.717, 1.165) is 25.1 Å². The first kappa shape index (κ1) is 17.9. The second-order valence-corrected chi connectivity index (χ2v) is 7.48. The molecule has 1 aliphatic rings. The van der Waals surface area contributed by atoms with Gasteiger partial charge < -0.3 is 10.6 Å². The topological polar surface area (TPSA) is 87.3 Å². The molecule has 0 spiro atoms. The fourth-order valence-electron chi connectivity index (χ4n) is 2.15. The van der Waals surface area contributed by atoms with Crippen molar-refractivity contribution in [3.8, 4) is 0 Å². The quantitative estimate of drug-likeness (QED) is 0.664. The second-order valence-electron chi connectivity index (χ2n) is 5.33. The van der Waals surface area contributed by atoms with Crippen LogP contribution in [0.4, 0.5) is 0 Å². The molecule has 0 saturated carbocycles. The first-order chi connectivity index (χ1) is 10.9. The highest BCUT2D eigenvalue weighted by atomic mass is 35.5. The maximum absolute atomic E-state index is 12.2. The van der Waals surface area contributed by atoms with Gasteiger partial charge in [-0.3, -0.25) is 4.79 Å². The van der Waals surface area contributed by atoms with E-state index in [1.807, 2.05) is 6.08 Å². The summed E-state index contributed by atoms with van der Waals surface area (Å²) < 4.78 is 26.8. The molecule has 23 heavy (non-hydrogen) atoms. The predicted octanol–water partition coefficient (Wildman–Crippen LogP) is 1.04. The van der Waals surface area contributed by atoms with E-state index in [-0.39, 0.29) is 10.8 Å². The summed E-state index contributed by atoms with van der Waals surface area (Å²) in [5, 5.41) is 6.39. The first-order valence-electron chi connectivity index (χ1n) is 7.33. The van der Waals surface area contributed by atoms with Crippen molar-refractivity contribution in [3.05, 3.63) is 40.9 Å². The van der Waals surface area contributed by atoms with Gasteiger partial charge in [0.2, 0.25) is 15.9 Å². The van der Waals surface area contributed by atoms with E-state index in [2.05, 4.69) is 15.4 Å². The van der Waals surface area contributed by atoms with E-state index in [1.54, 1.807) is 0 Å². The number of halogens is 1. The van der Waals surface area contributed by atoms with Gasteiger partial charge in [0.15, 0.2) is 0 Å². The SMILES string of the molecule is CC(NS(=O)(=O)c1ccc(Cl)cc1)C(=O)NCC1=CCNCC1. The molecule has 0 aromatic heterocycles. The zero-order valence-electron chi connectivity index (χ0n) is 12.8. The average Bonchev–Trinajstić information content (AvgIpc) is 2.53. The van der Waals surface area contributed by atoms with Crippen molar-refractivity contribution < 1.29 is 13.2 Å². The highest BCUT2D eigenvalue weighted by Crippen LogP contribution is 2.14. The molecule has 126 valence electrons. The van der Waals surface area contributed by atoms with Crippen LogP contribution in [0.2, 0.25) is 5.02 Å². The van der Waals surface area contributed by atoms with E-state index < -0.39 is 16.1 Å². The van der Waals surface area contributed by atoms with Gasteiger partial charge >= 0.3 is 0 Å². The third-order valence-electron chi connectivity index (χ3n) is 3.50. The van der Waals surface area contributed by atoms with Crippen LogP contribution in [-0.4, -0.2) is 40.0 Å². The number of hydrogen-bond donors (Lipinski definition) is 3. The second kappa shape index (κ2) is 7.92. The largest absolute Gasteiger partial charge is 0.351 e. The average molecular weight is 358 g/mol. The Hall–Kier alpha value is -1.41. The van der Waals surface area contributed by atoms with Crippen LogP contribution in [0.25, 0.3) is 0 Å². The maximum atomic E-state index is 12.2. The number of sulfonamides is 1. The fraction of sp³-hybridized carbons (Fsp3) is 0.400. The minimum absolute atomic E-state index is 0.0719. The van der Waals surface area contributed by atoms with Crippen LogP contribution >= 0.6 is 11.6 Å². The zero-order chi connectivity index (χ0) is 16.9. The number of carbonyl (C=O) groups is 1. The summed E-state index contributed by atoms with van der Waals surface area (Å²) in [6.45, 7) is 3.64. The molecule has 1 aliphatic heterocycles. The minimum atomic E-state index is -3.76. The Labute approximate surface area is 141 Å². The van der Waals surface area contributed by atoms with Crippen LogP contribution in [0.15, 0.2) is 40.8 Å². The molecule has 2 rings (SSSR count). The van der Waals surface area contributed by atoms with Gasteiger partial charge in [0, 0.05) is 18.1 Å². The van der Waals surface area contributed by atoms with Crippen molar-refractivity contribution in [3.63, 3.8) is 0 Å². The van der Waals surface area contributed by atoms with Crippen molar-refractivity contribution in [2.24, 2.45) is 0 Å². The zero-order valence-corrected chi connectivity index (χ0v) is 14.4. The van der Waals surface area contributed by atoms with Crippen LogP contribution in [0.5, 0.6) is 0 Å². The lowest BCUT2D eigenvalue weighted by Gasteiger charge is -2.17. The molecule has 0 aliphatic carbocycles. The van der Waals surface area contributed by atoms with E-state index in [1.165, 1.54) is 31.2 Å². The van der Waals surface area contributed by atoms with Gasteiger partial charge in [0.25, 0.3) is 0 Å². The Balaban J connectivity index is 1.91. The van der Waals surface area contributed by atoms with E-state index in [4.69, 9.17) is 11.6 Å². The lowest BCUT2D eigenvalue weighted by atomic mass is 10.1. The van der Waals surface area contributed by atoms with Gasteiger partial charge in [-0.15, -0.1) is 0 Å². The molecule has 0 saturated heterocycles. The molecular weight excluding hydrogens is 338 g/mol. The molecule has 6 nitrogen and oxygen atoms in total. The smallest absolute Gasteiger partial charge is 0.241 e. The Morgan fingerprint density at radius 1 is 1.35 bits per heavy atom. The Morgan fingerprint density at radius 2 is 2.04 bits per heavy atom. The van der Waals surface area contributed by atoms with Crippen molar-refractivity contribution in [2.45, 2.75) is 24.3 Å². The van der Waals surface area contributed by atoms with Gasteiger partial charge in [-0.25, -0.2) is 8.42 Å². The predicted molar refractivity (Wildman–Crippen MR) is 89.8 cm³/mol. The highest BCUT2D eigenvalue weighted by molar-refractivity contribution is 7.89. The summed E-state index contributed by atoms with van der Waals surface area (Å²) in [4.78, 5) is 12.1. The molecule has 0 radical (unpaired) electrons. The molecule has 1 aromatic rings. The monoisotopic (exact) mass is 357 g/mol. The fourth-order valence-corrected chi connectivity index (χ4v) is 3.48. The molecule has 1 heterocycles. The molecule has 3 N–H and O–H groups in total. The summed E-state index contributed by atoms with van der Waals surface area (Å²) in [6, 6.07) is 4.91. The number of nitrogens with one attached hydrogen (secondary N) is 3.